The first-order valence-corrected chi connectivity index (χ1v) is 18.1. The lowest BCUT2D eigenvalue weighted by Gasteiger charge is -2.48. The number of alkyl halides is 1. The number of aromatic nitrogens is 3. The van der Waals surface area contributed by atoms with E-state index in [-0.39, 0.29) is 53.1 Å². The van der Waals surface area contributed by atoms with Gasteiger partial charge in [-0.25, -0.2) is 18.0 Å². The van der Waals surface area contributed by atoms with Gasteiger partial charge in [0.05, 0.1) is 16.5 Å². The third kappa shape index (κ3) is 7.07. The van der Waals surface area contributed by atoms with Gasteiger partial charge in [0.2, 0.25) is 0 Å². The van der Waals surface area contributed by atoms with Crippen LogP contribution in [0, 0.1) is 29.9 Å². The predicted octanol–water partition coefficient (Wildman–Crippen LogP) is 6.78. The SMILES string of the molecule is C#Cc1c(F)ccc2cc(OCOC)cc(-c3ncc4c(N5CC(C(C)(C)NC(=O)OC(C)(C)C)C5)nc(OC[C@@]56CCCN5C[C@H](F)C6)nc4c3F)c12. The smallest absolute Gasteiger partial charge is 0.408 e. The number of ether oxygens (including phenoxy) is 4. The molecule has 1 N–H and O–H groups in total. The van der Waals surface area contributed by atoms with Gasteiger partial charge in [0.15, 0.2) is 12.6 Å². The van der Waals surface area contributed by atoms with E-state index in [1.54, 1.807) is 32.9 Å². The molecule has 3 aliphatic heterocycles. The molecule has 3 aliphatic rings. The van der Waals surface area contributed by atoms with Crippen molar-refractivity contribution in [2.24, 2.45) is 5.92 Å². The molecule has 11 nitrogen and oxygen atoms in total. The summed E-state index contributed by atoms with van der Waals surface area (Å²) in [6.45, 7) is 11.4. The largest absolute Gasteiger partial charge is 0.468 e. The summed E-state index contributed by atoms with van der Waals surface area (Å²) in [5.41, 5.74) is -1.84. The molecule has 2 aromatic carbocycles. The summed E-state index contributed by atoms with van der Waals surface area (Å²) in [7, 11) is 1.47. The maximum absolute atomic E-state index is 17.1. The minimum Gasteiger partial charge on any atom is -0.468 e. The maximum Gasteiger partial charge on any atom is 0.408 e. The molecule has 14 heteroatoms. The topological polar surface area (TPSA) is 111 Å². The van der Waals surface area contributed by atoms with Gasteiger partial charge in [-0.3, -0.25) is 9.88 Å². The van der Waals surface area contributed by atoms with Gasteiger partial charge in [0.1, 0.15) is 47.0 Å². The van der Waals surface area contributed by atoms with Crippen LogP contribution in [0.1, 0.15) is 59.4 Å². The van der Waals surface area contributed by atoms with Crippen molar-refractivity contribution in [3.05, 3.63) is 47.7 Å². The molecule has 7 rings (SSSR count). The van der Waals surface area contributed by atoms with Crippen LogP contribution in [0.4, 0.5) is 23.8 Å². The number of amides is 1. The zero-order valence-electron chi connectivity index (χ0n) is 31.4. The van der Waals surface area contributed by atoms with Gasteiger partial charge < -0.3 is 29.2 Å². The number of pyridine rings is 1. The number of terminal acetylenes is 1. The lowest BCUT2D eigenvalue weighted by atomic mass is 9.81. The Morgan fingerprint density at radius 1 is 1.11 bits per heavy atom. The molecular formula is C40H45F3N6O5. The molecule has 3 fully saturated rings. The van der Waals surface area contributed by atoms with E-state index in [9.17, 15) is 9.18 Å². The molecule has 0 unspecified atom stereocenters. The monoisotopic (exact) mass is 746 g/mol. The lowest BCUT2D eigenvalue weighted by molar-refractivity contribution is 0.0422. The number of alkyl carbamates (subject to hydrolysis) is 1. The van der Waals surface area contributed by atoms with Gasteiger partial charge in [0, 0.05) is 61.8 Å². The van der Waals surface area contributed by atoms with Crippen LogP contribution in [0.5, 0.6) is 11.8 Å². The van der Waals surface area contributed by atoms with E-state index < -0.39 is 40.6 Å². The second-order valence-electron chi connectivity index (χ2n) is 16.0. The molecule has 5 heterocycles. The Hall–Kier alpha value is -4.87. The average molecular weight is 747 g/mol. The molecule has 3 saturated heterocycles. The highest BCUT2D eigenvalue weighted by Crippen LogP contribution is 2.43. The molecule has 0 saturated carbocycles. The van der Waals surface area contributed by atoms with E-state index in [1.807, 2.05) is 18.7 Å². The fourth-order valence-electron chi connectivity index (χ4n) is 7.89. The number of halogens is 3. The third-order valence-corrected chi connectivity index (χ3v) is 10.7. The van der Waals surface area contributed by atoms with Crippen molar-refractivity contribution < 1.29 is 36.9 Å². The number of nitrogens with one attached hydrogen (secondary N) is 1. The summed E-state index contributed by atoms with van der Waals surface area (Å²) >= 11 is 0. The van der Waals surface area contributed by atoms with Gasteiger partial charge in [0.25, 0.3) is 0 Å². The Kier molecular flexibility index (Phi) is 9.77. The number of methoxy groups -OCH3 is 1. The number of anilines is 1. The minimum atomic E-state index is -0.958. The highest BCUT2D eigenvalue weighted by molar-refractivity contribution is 6.03. The quantitative estimate of drug-likeness (QED) is 0.138. The normalized spacial score (nSPS) is 20.5. The standard InChI is InChI=1S/C40H45F3N6O5/c1-8-27-30(42)11-10-23-14-26(53-22-51-7)15-28(31(23)27)33-32(43)34-29(17-44-33)35(48-18-24(19-48)39(5,6)47-37(50)54-38(2,3)4)46-36(45-34)52-21-40-12-9-13-49(40)20-25(41)16-40/h1,10-11,14-15,17,24-25H,9,12-13,16,18-22H2,2-7H3,(H,47,50)/t25-,40+/m1/s1. The molecule has 0 radical (unpaired) electrons. The van der Waals surface area contributed by atoms with E-state index in [0.29, 0.717) is 48.4 Å². The van der Waals surface area contributed by atoms with Crippen molar-refractivity contribution in [2.45, 2.75) is 76.7 Å². The van der Waals surface area contributed by atoms with E-state index >= 15 is 8.78 Å². The Labute approximate surface area is 312 Å². The summed E-state index contributed by atoms with van der Waals surface area (Å²) in [6, 6.07) is 5.93. The minimum absolute atomic E-state index is 0.0133. The second kappa shape index (κ2) is 14.1. The summed E-state index contributed by atoms with van der Waals surface area (Å²) < 4.78 is 69.4. The van der Waals surface area contributed by atoms with Crippen LogP contribution in [0.2, 0.25) is 0 Å². The van der Waals surface area contributed by atoms with Crippen LogP contribution in [0.15, 0.2) is 30.5 Å². The van der Waals surface area contributed by atoms with Crippen molar-refractivity contribution in [3.8, 4) is 35.4 Å². The average Bonchev–Trinajstić information content (AvgIpc) is 3.60. The van der Waals surface area contributed by atoms with Crippen LogP contribution in [-0.2, 0) is 9.47 Å². The van der Waals surface area contributed by atoms with E-state index in [0.717, 1.165) is 19.4 Å². The summed E-state index contributed by atoms with van der Waals surface area (Å²) in [5.74, 6) is 1.69. The first-order chi connectivity index (χ1) is 25.6. The zero-order chi connectivity index (χ0) is 38.6. The van der Waals surface area contributed by atoms with Crippen LogP contribution in [0.25, 0.3) is 32.9 Å². The first-order valence-electron chi connectivity index (χ1n) is 18.1. The molecule has 2 aromatic heterocycles. The maximum atomic E-state index is 17.1. The molecule has 54 heavy (non-hydrogen) atoms. The van der Waals surface area contributed by atoms with E-state index in [1.165, 1.54) is 25.4 Å². The Bertz CT molecular complexity index is 2150. The van der Waals surface area contributed by atoms with Crippen molar-refractivity contribution in [1.29, 1.82) is 0 Å². The van der Waals surface area contributed by atoms with Crippen molar-refractivity contribution in [3.63, 3.8) is 0 Å². The second-order valence-corrected chi connectivity index (χ2v) is 16.0. The van der Waals surface area contributed by atoms with E-state index in [4.69, 9.17) is 30.4 Å². The molecule has 1 amide bonds. The predicted molar refractivity (Wildman–Crippen MR) is 198 cm³/mol. The number of benzene rings is 2. The van der Waals surface area contributed by atoms with Gasteiger partial charge >= 0.3 is 12.1 Å². The third-order valence-electron chi connectivity index (χ3n) is 10.7. The van der Waals surface area contributed by atoms with E-state index in [2.05, 4.69) is 26.1 Å². The van der Waals surface area contributed by atoms with Crippen LogP contribution in [-0.4, -0.2) is 95.5 Å². The van der Waals surface area contributed by atoms with Crippen LogP contribution in [0.3, 0.4) is 0 Å². The fourth-order valence-corrected chi connectivity index (χ4v) is 7.89. The number of hydrogen-bond donors (Lipinski definition) is 1. The summed E-state index contributed by atoms with van der Waals surface area (Å²) in [4.78, 5) is 30.6. The molecule has 2 atom stereocenters. The van der Waals surface area contributed by atoms with Gasteiger partial charge in [-0.2, -0.15) is 9.97 Å². The molecule has 286 valence electrons. The lowest BCUT2D eigenvalue weighted by Crippen LogP contribution is -2.62. The molecular weight excluding hydrogens is 701 g/mol. The van der Waals surface area contributed by atoms with Crippen LogP contribution < -0.4 is 19.7 Å². The Morgan fingerprint density at radius 2 is 1.89 bits per heavy atom. The number of fused-ring (bicyclic) bond motifs is 3. The fraction of sp³-hybridized carbons (Fsp3) is 0.500. The zero-order valence-corrected chi connectivity index (χ0v) is 31.4. The number of carbonyl (C=O) groups excluding carboxylic acids is 1. The summed E-state index contributed by atoms with van der Waals surface area (Å²) in [6.07, 6.45) is 7.81. The van der Waals surface area contributed by atoms with Crippen molar-refractivity contribution >= 4 is 33.6 Å². The Morgan fingerprint density at radius 3 is 2.61 bits per heavy atom. The number of carbonyl (C=O) groups is 1. The van der Waals surface area contributed by atoms with Gasteiger partial charge in [-0.1, -0.05) is 12.0 Å². The van der Waals surface area contributed by atoms with Crippen molar-refractivity contribution in [1.82, 2.24) is 25.2 Å². The van der Waals surface area contributed by atoms with Crippen molar-refractivity contribution in [2.75, 3.05) is 51.6 Å². The highest BCUT2D eigenvalue weighted by Gasteiger charge is 2.49. The van der Waals surface area contributed by atoms with Gasteiger partial charge in [-0.05, 0) is 77.6 Å². The highest BCUT2D eigenvalue weighted by atomic mass is 19.1. The summed E-state index contributed by atoms with van der Waals surface area (Å²) in [5, 5.41) is 4.10. The molecule has 0 bridgehead atoms. The first kappa shape index (κ1) is 37.4. The number of nitrogens with zero attached hydrogens (tertiary/aromatic N) is 5. The Balaban J connectivity index is 1.30. The molecule has 0 spiro atoms. The van der Waals surface area contributed by atoms with Gasteiger partial charge in [-0.15, -0.1) is 6.42 Å². The molecule has 0 aliphatic carbocycles. The van der Waals surface area contributed by atoms with Crippen LogP contribution >= 0.6 is 0 Å². The number of rotatable bonds is 10. The number of hydrogen-bond acceptors (Lipinski definition) is 10. The molecule has 4 aromatic rings.